The van der Waals surface area contributed by atoms with Crippen molar-refractivity contribution in [3.8, 4) is 0 Å². The van der Waals surface area contributed by atoms with Crippen molar-refractivity contribution in [3.63, 3.8) is 0 Å². The zero-order valence-corrected chi connectivity index (χ0v) is 11.2. The molecular formula is C13H15ClN2O3. The molecule has 0 fully saturated rings. The van der Waals surface area contributed by atoms with Crippen molar-refractivity contribution in [3.05, 3.63) is 34.9 Å². The molecule has 3 N–H and O–H groups in total. The van der Waals surface area contributed by atoms with E-state index in [1.807, 2.05) is 0 Å². The monoisotopic (exact) mass is 282 g/mol. The average molecular weight is 283 g/mol. The third-order valence-corrected chi connectivity index (χ3v) is 2.88. The summed E-state index contributed by atoms with van der Waals surface area (Å²) in [6.45, 7) is 1.41. The topological polar surface area (TPSA) is 89.3 Å². The Labute approximate surface area is 116 Å². The van der Waals surface area contributed by atoms with Crippen LogP contribution in [0.25, 0.3) is 0 Å². The number of carbonyl (C=O) groups excluding carboxylic acids is 3. The van der Waals surface area contributed by atoms with Crippen molar-refractivity contribution >= 4 is 29.2 Å². The Bertz CT molecular complexity index is 502. The van der Waals surface area contributed by atoms with Crippen molar-refractivity contribution in [2.75, 3.05) is 0 Å². The molecule has 0 radical (unpaired) electrons. The molecule has 0 saturated heterocycles. The molecule has 2 amide bonds. The lowest BCUT2D eigenvalue weighted by Crippen LogP contribution is -2.44. The van der Waals surface area contributed by atoms with Gasteiger partial charge in [-0.3, -0.25) is 9.59 Å². The Kier molecular flexibility index (Phi) is 5.51. The van der Waals surface area contributed by atoms with Crippen molar-refractivity contribution in [1.82, 2.24) is 5.32 Å². The fourth-order valence-corrected chi connectivity index (χ4v) is 1.74. The minimum absolute atomic E-state index is 0.0711. The van der Waals surface area contributed by atoms with Crippen LogP contribution in [0.1, 0.15) is 30.1 Å². The smallest absolute Gasteiger partial charge is 0.253 e. The number of nitrogens with one attached hydrogen (secondary N) is 1. The van der Waals surface area contributed by atoms with Gasteiger partial charge in [0.25, 0.3) is 5.91 Å². The maximum absolute atomic E-state index is 11.9. The van der Waals surface area contributed by atoms with Crippen LogP contribution in [0.15, 0.2) is 24.3 Å². The van der Waals surface area contributed by atoms with E-state index in [4.69, 9.17) is 17.3 Å². The molecule has 1 aromatic carbocycles. The van der Waals surface area contributed by atoms with Crippen LogP contribution in [0.4, 0.5) is 0 Å². The number of halogens is 1. The Morgan fingerprint density at radius 1 is 1.32 bits per heavy atom. The zero-order valence-electron chi connectivity index (χ0n) is 10.5. The van der Waals surface area contributed by atoms with Crippen molar-refractivity contribution in [1.29, 1.82) is 0 Å². The largest absolute Gasteiger partial charge is 0.368 e. The SMILES string of the molecule is CC(=O)CC[C@@H](NC(=O)c1ccccc1Cl)C(N)=O. The predicted octanol–water partition coefficient (Wildman–Crippen LogP) is 1.29. The molecule has 0 aliphatic heterocycles. The highest BCUT2D eigenvalue weighted by Crippen LogP contribution is 2.15. The number of benzene rings is 1. The molecule has 0 unspecified atom stereocenters. The fraction of sp³-hybridized carbons (Fsp3) is 0.308. The van der Waals surface area contributed by atoms with Crippen LogP contribution in [-0.4, -0.2) is 23.6 Å². The van der Waals surface area contributed by atoms with E-state index in [1.165, 1.54) is 6.92 Å². The maximum atomic E-state index is 11.9. The van der Waals surface area contributed by atoms with Gasteiger partial charge in [-0.15, -0.1) is 0 Å². The molecule has 1 rings (SSSR count). The Morgan fingerprint density at radius 2 is 1.95 bits per heavy atom. The fourth-order valence-electron chi connectivity index (χ4n) is 1.51. The molecule has 102 valence electrons. The average Bonchev–Trinajstić information content (AvgIpc) is 2.34. The Balaban J connectivity index is 2.74. The third-order valence-electron chi connectivity index (χ3n) is 2.55. The van der Waals surface area contributed by atoms with E-state index in [1.54, 1.807) is 24.3 Å². The van der Waals surface area contributed by atoms with Gasteiger partial charge in [0, 0.05) is 6.42 Å². The molecule has 0 saturated carbocycles. The lowest BCUT2D eigenvalue weighted by Gasteiger charge is -2.15. The minimum Gasteiger partial charge on any atom is -0.368 e. The first-order chi connectivity index (χ1) is 8.91. The molecule has 1 atom stereocenters. The van der Waals surface area contributed by atoms with Gasteiger partial charge in [-0.2, -0.15) is 0 Å². The van der Waals surface area contributed by atoms with Crippen molar-refractivity contribution < 1.29 is 14.4 Å². The van der Waals surface area contributed by atoms with Crippen molar-refractivity contribution in [2.24, 2.45) is 5.73 Å². The highest BCUT2D eigenvalue weighted by molar-refractivity contribution is 6.33. The minimum atomic E-state index is -0.882. The van der Waals surface area contributed by atoms with Crippen LogP contribution in [0, 0.1) is 0 Å². The number of Topliss-reactive ketones (excluding diaryl/α,β-unsaturated/α-hetero) is 1. The molecule has 0 spiro atoms. The summed E-state index contributed by atoms with van der Waals surface area (Å²) in [7, 11) is 0. The number of amides is 2. The number of nitrogens with two attached hydrogens (primary N) is 1. The molecule has 0 bridgehead atoms. The van der Waals surface area contributed by atoms with Gasteiger partial charge in [0.15, 0.2) is 0 Å². The van der Waals surface area contributed by atoms with E-state index in [2.05, 4.69) is 5.32 Å². The molecule has 0 aliphatic carbocycles. The highest BCUT2D eigenvalue weighted by Gasteiger charge is 2.20. The number of rotatable bonds is 6. The van der Waals surface area contributed by atoms with E-state index < -0.39 is 17.9 Å². The third kappa shape index (κ3) is 4.71. The highest BCUT2D eigenvalue weighted by atomic mass is 35.5. The van der Waals surface area contributed by atoms with Gasteiger partial charge in [0.2, 0.25) is 5.91 Å². The number of primary amides is 1. The van der Waals surface area contributed by atoms with Gasteiger partial charge in [0.1, 0.15) is 11.8 Å². The summed E-state index contributed by atoms with van der Waals surface area (Å²) in [5.74, 6) is -1.24. The van der Waals surface area contributed by atoms with Gasteiger partial charge in [0.05, 0.1) is 10.6 Å². The van der Waals surface area contributed by atoms with Crippen LogP contribution < -0.4 is 11.1 Å². The van der Waals surface area contributed by atoms with Crippen LogP contribution in [0.2, 0.25) is 5.02 Å². The number of ketones is 1. The first kappa shape index (κ1) is 15.2. The van der Waals surface area contributed by atoms with Gasteiger partial charge < -0.3 is 15.8 Å². The van der Waals surface area contributed by atoms with Gasteiger partial charge >= 0.3 is 0 Å². The Morgan fingerprint density at radius 3 is 2.47 bits per heavy atom. The Hall–Kier alpha value is -1.88. The van der Waals surface area contributed by atoms with Gasteiger partial charge in [-0.1, -0.05) is 23.7 Å². The molecule has 0 heterocycles. The second-order valence-corrected chi connectivity index (χ2v) is 4.56. The van der Waals surface area contributed by atoms with E-state index in [-0.39, 0.29) is 29.2 Å². The van der Waals surface area contributed by atoms with Gasteiger partial charge in [-0.25, -0.2) is 0 Å². The molecule has 1 aromatic rings. The van der Waals surface area contributed by atoms with Crippen molar-refractivity contribution in [2.45, 2.75) is 25.8 Å². The maximum Gasteiger partial charge on any atom is 0.253 e. The lowest BCUT2D eigenvalue weighted by atomic mass is 10.1. The summed E-state index contributed by atoms with van der Waals surface area (Å²) in [6, 6.07) is 5.59. The number of carbonyl (C=O) groups is 3. The van der Waals surface area contributed by atoms with Crippen LogP contribution in [-0.2, 0) is 9.59 Å². The number of hydrogen-bond donors (Lipinski definition) is 2. The summed E-state index contributed by atoms with van der Waals surface area (Å²) in [5.41, 5.74) is 5.45. The summed E-state index contributed by atoms with van der Waals surface area (Å²) >= 11 is 5.88. The molecule has 0 aromatic heterocycles. The van der Waals surface area contributed by atoms with E-state index in [0.29, 0.717) is 0 Å². The zero-order chi connectivity index (χ0) is 14.4. The van der Waals surface area contributed by atoms with E-state index in [9.17, 15) is 14.4 Å². The second kappa shape index (κ2) is 6.89. The molecule has 6 heteroatoms. The van der Waals surface area contributed by atoms with Crippen LogP contribution in [0.5, 0.6) is 0 Å². The molecular weight excluding hydrogens is 268 g/mol. The summed E-state index contributed by atoms with van der Waals surface area (Å²) in [4.78, 5) is 34.1. The standard InChI is InChI=1S/C13H15ClN2O3/c1-8(17)6-7-11(12(15)18)16-13(19)9-4-2-3-5-10(9)14/h2-5,11H,6-7H2,1H3,(H2,15,18)(H,16,19)/t11-/m1/s1. The first-order valence-corrected chi connectivity index (χ1v) is 6.13. The first-order valence-electron chi connectivity index (χ1n) is 5.76. The quantitative estimate of drug-likeness (QED) is 0.824. The summed E-state index contributed by atoms with van der Waals surface area (Å²) in [5, 5.41) is 2.77. The molecule has 19 heavy (non-hydrogen) atoms. The van der Waals surface area contributed by atoms with Crippen LogP contribution >= 0.6 is 11.6 Å². The normalized spacial score (nSPS) is 11.7. The predicted molar refractivity (Wildman–Crippen MR) is 71.8 cm³/mol. The van der Waals surface area contributed by atoms with E-state index >= 15 is 0 Å². The second-order valence-electron chi connectivity index (χ2n) is 4.15. The van der Waals surface area contributed by atoms with Gasteiger partial charge in [-0.05, 0) is 25.5 Å². The lowest BCUT2D eigenvalue weighted by molar-refractivity contribution is -0.120. The molecule has 5 nitrogen and oxygen atoms in total. The molecule has 0 aliphatic rings. The van der Waals surface area contributed by atoms with E-state index in [0.717, 1.165) is 0 Å². The number of hydrogen-bond acceptors (Lipinski definition) is 3. The summed E-state index contributed by atoms with van der Waals surface area (Å²) in [6.07, 6.45) is 0.358. The summed E-state index contributed by atoms with van der Waals surface area (Å²) < 4.78 is 0. The van der Waals surface area contributed by atoms with Crippen LogP contribution in [0.3, 0.4) is 0 Å².